The first-order chi connectivity index (χ1) is 5.87. The fraction of sp³-hybridized carbons (Fsp3) is 0.667. The highest BCUT2D eigenvalue weighted by atomic mass is 16.5. The number of ether oxygens (including phenoxy) is 1. The van der Waals surface area contributed by atoms with Gasteiger partial charge < -0.3 is 4.74 Å². The third kappa shape index (κ3) is 6.44. The second-order valence-corrected chi connectivity index (χ2v) is 4.41. The van der Waals surface area contributed by atoms with Gasteiger partial charge in [-0.05, 0) is 12.3 Å². The van der Waals surface area contributed by atoms with Crippen LogP contribution in [0.3, 0.4) is 0 Å². The molecule has 0 aromatic carbocycles. The Labute approximate surface area is 82.5 Å². The van der Waals surface area contributed by atoms with Crippen LogP contribution in [0.25, 0.3) is 0 Å². The predicted molar refractivity (Wildman–Crippen MR) is 58.5 cm³/mol. The largest absolute Gasteiger partial charge is 0.498 e. The van der Waals surface area contributed by atoms with Gasteiger partial charge >= 0.3 is 0 Å². The lowest BCUT2D eigenvalue weighted by molar-refractivity contribution is 0.208. The Morgan fingerprint density at radius 1 is 1.46 bits per heavy atom. The molecule has 0 aliphatic carbocycles. The van der Waals surface area contributed by atoms with Gasteiger partial charge in [0, 0.05) is 5.92 Å². The van der Waals surface area contributed by atoms with E-state index < -0.39 is 0 Å². The van der Waals surface area contributed by atoms with Crippen LogP contribution >= 0.6 is 0 Å². The van der Waals surface area contributed by atoms with Crippen molar-refractivity contribution in [2.24, 2.45) is 11.3 Å². The minimum Gasteiger partial charge on any atom is -0.498 e. The molecule has 1 heteroatoms. The van der Waals surface area contributed by atoms with Crippen LogP contribution in [0.2, 0.25) is 0 Å². The molecule has 0 aliphatic heterocycles. The maximum absolute atomic E-state index is 5.32. The second-order valence-electron chi connectivity index (χ2n) is 4.41. The van der Waals surface area contributed by atoms with Gasteiger partial charge in [-0.1, -0.05) is 46.4 Å². The molecule has 0 saturated carbocycles. The van der Waals surface area contributed by atoms with E-state index in [1.165, 1.54) is 0 Å². The summed E-state index contributed by atoms with van der Waals surface area (Å²) in [7, 11) is 0. The van der Waals surface area contributed by atoms with Gasteiger partial charge in [-0.15, -0.1) is 0 Å². The van der Waals surface area contributed by atoms with Crippen molar-refractivity contribution in [3.05, 3.63) is 24.5 Å². The Morgan fingerprint density at radius 2 is 2.00 bits per heavy atom. The molecule has 1 atom stereocenters. The highest BCUT2D eigenvalue weighted by molar-refractivity contribution is 5.04. The molecular formula is C12H22O. The number of allylic oxidation sites excluding steroid dienone is 2. The first-order valence-corrected chi connectivity index (χ1v) is 4.87. The van der Waals surface area contributed by atoms with Crippen molar-refractivity contribution in [2.75, 3.05) is 6.61 Å². The normalized spacial score (nSPS) is 14.5. The van der Waals surface area contributed by atoms with Gasteiger partial charge in [-0.2, -0.15) is 0 Å². The smallest absolute Gasteiger partial charge is 0.0953 e. The molecule has 0 saturated heterocycles. The van der Waals surface area contributed by atoms with Crippen LogP contribution in [0, 0.1) is 11.3 Å². The maximum atomic E-state index is 5.32. The fourth-order valence-electron chi connectivity index (χ4n) is 0.857. The predicted octanol–water partition coefficient (Wildman–Crippen LogP) is 3.78. The Morgan fingerprint density at radius 3 is 2.38 bits per heavy atom. The Kier molecular flexibility index (Phi) is 4.82. The average Bonchev–Trinajstić information content (AvgIpc) is 1.99. The lowest BCUT2D eigenvalue weighted by atomic mass is 9.94. The molecule has 1 unspecified atom stereocenters. The summed E-state index contributed by atoms with van der Waals surface area (Å²) in [6.45, 7) is 15.2. The lowest BCUT2D eigenvalue weighted by Gasteiger charge is -2.15. The van der Waals surface area contributed by atoms with Crippen LogP contribution in [0.4, 0.5) is 0 Å². The monoisotopic (exact) mass is 182 g/mol. The Balaban J connectivity index is 4.07. The molecule has 0 aliphatic rings. The van der Waals surface area contributed by atoms with Crippen molar-refractivity contribution in [1.82, 2.24) is 0 Å². The van der Waals surface area contributed by atoms with Crippen LogP contribution in [-0.2, 0) is 4.74 Å². The summed E-state index contributed by atoms with van der Waals surface area (Å²) in [5.41, 5.74) is 0.237. The molecule has 0 spiro atoms. The van der Waals surface area contributed by atoms with E-state index in [4.69, 9.17) is 4.74 Å². The van der Waals surface area contributed by atoms with Crippen molar-refractivity contribution in [3.8, 4) is 0 Å². The van der Waals surface area contributed by atoms with E-state index in [1.807, 2.05) is 6.92 Å². The molecule has 0 heterocycles. The first kappa shape index (κ1) is 12.3. The van der Waals surface area contributed by atoms with Gasteiger partial charge in [0.2, 0.25) is 0 Å². The summed E-state index contributed by atoms with van der Waals surface area (Å²) in [4.78, 5) is 0. The zero-order valence-corrected chi connectivity index (χ0v) is 9.55. The van der Waals surface area contributed by atoms with Gasteiger partial charge in [-0.25, -0.2) is 0 Å². The van der Waals surface area contributed by atoms with Crippen LogP contribution in [0.15, 0.2) is 24.5 Å². The van der Waals surface area contributed by atoms with Crippen LogP contribution in [0.1, 0.15) is 34.6 Å². The average molecular weight is 182 g/mol. The molecule has 1 nitrogen and oxygen atoms in total. The van der Waals surface area contributed by atoms with Crippen molar-refractivity contribution in [2.45, 2.75) is 34.6 Å². The third-order valence-corrected chi connectivity index (χ3v) is 1.72. The number of hydrogen-bond acceptors (Lipinski definition) is 1. The molecule has 0 radical (unpaired) electrons. The molecule has 0 rings (SSSR count). The van der Waals surface area contributed by atoms with E-state index in [2.05, 4.69) is 46.4 Å². The van der Waals surface area contributed by atoms with Crippen LogP contribution in [-0.4, -0.2) is 6.61 Å². The fourth-order valence-corrected chi connectivity index (χ4v) is 0.857. The van der Waals surface area contributed by atoms with E-state index in [-0.39, 0.29) is 5.41 Å². The molecule has 0 N–H and O–H groups in total. The van der Waals surface area contributed by atoms with Crippen molar-refractivity contribution in [1.29, 1.82) is 0 Å². The Bertz CT molecular complexity index is 184. The van der Waals surface area contributed by atoms with Crippen molar-refractivity contribution < 1.29 is 4.74 Å². The summed E-state index contributed by atoms with van der Waals surface area (Å²) < 4.78 is 5.32. The van der Waals surface area contributed by atoms with Gasteiger partial charge in [0.1, 0.15) is 0 Å². The molecule has 13 heavy (non-hydrogen) atoms. The van der Waals surface area contributed by atoms with Gasteiger partial charge in [0.05, 0.1) is 12.4 Å². The van der Waals surface area contributed by atoms with E-state index in [0.717, 1.165) is 5.76 Å². The van der Waals surface area contributed by atoms with E-state index >= 15 is 0 Å². The van der Waals surface area contributed by atoms with Crippen LogP contribution < -0.4 is 0 Å². The summed E-state index contributed by atoms with van der Waals surface area (Å²) in [5.74, 6) is 1.15. The maximum Gasteiger partial charge on any atom is 0.0953 e. The molecule has 0 bridgehead atoms. The van der Waals surface area contributed by atoms with Gasteiger partial charge in [-0.3, -0.25) is 0 Å². The van der Waals surface area contributed by atoms with E-state index in [0.29, 0.717) is 12.5 Å². The zero-order valence-electron chi connectivity index (χ0n) is 9.55. The van der Waals surface area contributed by atoms with Crippen LogP contribution in [0.5, 0.6) is 0 Å². The molecule has 0 aromatic rings. The summed E-state index contributed by atoms with van der Waals surface area (Å²) >= 11 is 0. The molecule has 0 amide bonds. The zero-order chi connectivity index (χ0) is 10.5. The SMILES string of the molecule is C=C(OCC)C(C)/C=C/C(C)(C)C. The first-order valence-electron chi connectivity index (χ1n) is 4.87. The minimum absolute atomic E-state index is 0.237. The number of rotatable bonds is 4. The summed E-state index contributed by atoms with van der Waals surface area (Å²) in [6, 6.07) is 0. The molecular weight excluding hydrogens is 160 g/mol. The molecule has 0 fully saturated rings. The van der Waals surface area contributed by atoms with Gasteiger partial charge in [0.15, 0.2) is 0 Å². The molecule has 76 valence electrons. The lowest BCUT2D eigenvalue weighted by Crippen LogP contribution is -2.03. The summed E-state index contributed by atoms with van der Waals surface area (Å²) in [5, 5.41) is 0. The molecule has 0 aromatic heterocycles. The van der Waals surface area contributed by atoms with E-state index in [9.17, 15) is 0 Å². The second kappa shape index (κ2) is 5.11. The number of hydrogen-bond donors (Lipinski definition) is 0. The standard InChI is InChI=1S/C12H22O/c1-7-13-11(3)10(2)8-9-12(4,5)6/h8-10H,3,7H2,1-2,4-6H3/b9-8+. The summed E-state index contributed by atoms with van der Waals surface area (Å²) in [6.07, 6.45) is 4.35. The Hall–Kier alpha value is -0.720. The minimum atomic E-state index is 0.237. The third-order valence-electron chi connectivity index (χ3n) is 1.72. The van der Waals surface area contributed by atoms with E-state index in [1.54, 1.807) is 0 Å². The topological polar surface area (TPSA) is 9.23 Å². The quantitative estimate of drug-likeness (QED) is 0.475. The van der Waals surface area contributed by atoms with Crippen molar-refractivity contribution >= 4 is 0 Å². The van der Waals surface area contributed by atoms with Gasteiger partial charge in [0.25, 0.3) is 0 Å². The highest BCUT2D eigenvalue weighted by Gasteiger charge is 2.07. The van der Waals surface area contributed by atoms with Crippen molar-refractivity contribution in [3.63, 3.8) is 0 Å². The highest BCUT2D eigenvalue weighted by Crippen LogP contribution is 2.18.